The minimum Gasteiger partial charge on any atom is -0.491 e. The predicted octanol–water partition coefficient (Wildman–Crippen LogP) is 0.947. The second-order valence-corrected chi connectivity index (χ2v) is 3.20. The van der Waals surface area contributed by atoms with Crippen molar-refractivity contribution in [3.8, 4) is 5.75 Å². The first-order valence-corrected chi connectivity index (χ1v) is 4.86. The van der Waals surface area contributed by atoms with Gasteiger partial charge in [-0.05, 0) is 24.1 Å². The zero-order valence-corrected chi connectivity index (χ0v) is 8.44. The van der Waals surface area contributed by atoms with Crippen LogP contribution in [0, 0.1) is 0 Å². The van der Waals surface area contributed by atoms with E-state index in [1.165, 1.54) is 5.56 Å². The van der Waals surface area contributed by atoms with E-state index in [0.29, 0.717) is 0 Å². The summed E-state index contributed by atoms with van der Waals surface area (Å²) in [6.45, 7) is 2.59. The van der Waals surface area contributed by atoms with Crippen molar-refractivity contribution in [1.82, 2.24) is 0 Å². The molecule has 0 spiro atoms. The van der Waals surface area contributed by atoms with E-state index in [4.69, 9.17) is 10.5 Å². The first-order chi connectivity index (χ1) is 6.76. The Kier molecular flexibility index (Phi) is 4.43. The Balaban J connectivity index is 2.43. The largest absolute Gasteiger partial charge is 0.491 e. The minimum atomic E-state index is -0.583. The number of hydrogen-bond acceptors (Lipinski definition) is 3. The number of aliphatic hydroxyl groups is 1. The van der Waals surface area contributed by atoms with Crippen molar-refractivity contribution >= 4 is 0 Å². The molecule has 0 fully saturated rings. The van der Waals surface area contributed by atoms with Crippen LogP contribution in [0.15, 0.2) is 24.3 Å². The Labute approximate surface area is 84.5 Å². The van der Waals surface area contributed by atoms with Gasteiger partial charge < -0.3 is 15.6 Å². The lowest BCUT2D eigenvalue weighted by Crippen LogP contribution is -2.26. The van der Waals surface area contributed by atoms with Crippen LogP contribution in [-0.2, 0) is 6.42 Å². The van der Waals surface area contributed by atoms with Gasteiger partial charge in [0.25, 0.3) is 0 Å². The fourth-order valence-electron chi connectivity index (χ4n) is 1.08. The number of hydrogen-bond donors (Lipinski definition) is 2. The predicted molar refractivity (Wildman–Crippen MR) is 56.4 cm³/mol. The molecule has 3 N–H and O–H groups in total. The summed E-state index contributed by atoms with van der Waals surface area (Å²) in [4.78, 5) is 0. The summed E-state index contributed by atoms with van der Waals surface area (Å²) in [7, 11) is 0. The number of aryl methyl sites for hydroxylation is 1. The first-order valence-electron chi connectivity index (χ1n) is 4.86. The van der Waals surface area contributed by atoms with Crippen LogP contribution in [0.5, 0.6) is 5.75 Å². The third-order valence-electron chi connectivity index (χ3n) is 2.05. The Hall–Kier alpha value is -1.06. The summed E-state index contributed by atoms with van der Waals surface area (Å²) in [5, 5.41) is 9.17. The molecule has 3 heteroatoms. The average Bonchev–Trinajstić information content (AvgIpc) is 2.26. The molecule has 0 aromatic heterocycles. The maximum absolute atomic E-state index is 9.17. The van der Waals surface area contributed by atoms with E-state index < -0.39 is 6.10 Å². The van der Waals surface area contributed by atoms with Crippen LogP contribution in [0.2, 0.25) is 0 Å². The van der Waals surface area contributed by atoms with Crippen LogP contribution in [0.1, 0.15) is 12.5 Å². The molecule has 0 radical (unpaired) electrons. The molecule has 0 saturated heterocycles. The van der Waals surface area contributed by atoms with Gasteiger partial charge in [-0.25, -0.2) is 0 Å². The summed E-state index contributed by atoms with van der Waals surface area (Å²) in [6, 6.07) is 7.85. The molecule has 0 aliphatic carbocycles. The van der Waals surface area contributed by atoms with E-state index in [0.717, 1.165) is 12.2 Å². The van der Waals surface area contributed by atoms with Gasteiger partial charge in [0, 0.05) is 6.54 Å². The third-order valence-corrected chi connectivity index (χ3v) is 2.05. The van der Waals surface area contributed by atoms with E-state index in [2.05, 4.69) is 6.92 Å². The van der Waals surface area contributed by atoms with E-state index in [-0.39, 0.29) is 13.2 Å². The first kappa shape index (κ1) is 11.0. The molecule has 0 aliphatic rings. The van der Waals surface area contributed by atoms with Gasteiger partial charge in [-0.1, -0.05) is 19.1 Å². The van der Waals surface area contributed by atoms with Crippen LogP contribution in [0.3, 0.4) is 0 Å². The van der Waals surface area contributed by atoms with Crippen LogP contribution >= 0.6 is 0 Å². The molecule has 1 unspecified atom stereocenters. The highest BCUT2D eigenvalue weighted by atomic mass is 16.5. The molecule has 78 valence electrons. The Morgan fingerprint density at radius 2 is 2.00 bits per heavy atom. The zero-order chi connectivity index (χ0) is 10.4. The van der Waals surface area contributed by atoms with Crippen LogP contribution in [0.4, 0.5) is 0 Å². The molecule has 0 heterocycles. The van der Waals surface area contributed by atoms with Crippen molar-refractivity contribution in [3.05, 3.63) is 29.8 Å². The van der Waals surface area contributed by atoms with Gasteiger partial charge in [-0.2, -0.15) is 0 Å². The highest BCUT2D eigenvalue weighted by Gasteiger charge is 2.01. The van der Waals surface area contributed by atoms with E-state index in [9.17, 15) is 5.11 Å². The summed E-state index contributed by atoms with van der Waals surface area (Å²) in [5.41, 5.74) is 6.53. The lowest BCUT2D eigenvalue weighted by molar-refractivity contribution is 0.114. The fraction of sp³-hybridized carbons (Fsp3) is 0.455. The van der Waals surface area contributed by atoms with Crippen molar-refractivity contribution in [2.24, 2.45) is 5.73 Å². The number of benzene rings is 1. The summed E-state index contributed by atoms with van der Waals surface area (Å²) < 4.78 is 5.33. The van der Waals surface area contributed by atoms with E-state index in [1.807, 2.05) is 24.3 Å². The number of aliphatic hydroxyl groups excluding tert-OH is 1. The Morgan fingerprint density at radius 1 is 1.36 bits per heavy atom. The molecule has 1 aromatic rings. The molecule has 3 nitrogen and oxygen atoms in total. The van der Waals surface area contributed by atoms with E-state index in [1.54, 1.807) is 0 Å². The molecule has 0 saturated carbocycles. The third kappa shape index (κ3) is 3.36. The second-order valence-electron chi connectivity index (χ2n) is 3.20. The molecular formula is C11H17NO2. The Morgan fingerprint density at radius 3 is 2.50 bits per heavy atom. The van der Waals surface area contributed by atoms with Crippen molar-refractivity contribution < 1.29 is 9.84 Å². The standard InChI is InChI=1S/C11H17NO2/c1-2-9-3-5-11(6-4-9)14-8-10(13)7-12/h3-6,10,13H,2,7-8,12H2,1H3. The van der Waals surface area contributed by atoms with Crippen molar-refractivity contribution in [3.63, 3.8) is 0 Å². The van der Waals surface area contributed by atoms with Gasteiger partial charge in [-0.15, -0.1) is 0 Å². The lowest BCUT2D eigenvalue weighted by atomic mass is 10.2. The number of ether oxygens (including phenoxy) is 1. The molecular weight excluding hydrogens is 178 g/mol. The van der Waals surface area contributed by atoms with Gasteiger partial charge >= 0.3 is 0 Å². The van der Waals surface area contributed by atoms with Gasteiger partial charge in [0.05, 0.1) is 0 Å². The number of nitrogens with two attached hydrogens (primary N) is 1. The second kappa shape index (κ2) is 5.62. The minimum absolute atomic E-state index is 0.229. The van der Waals surface area contributed by atoms with E-state index >= 15 is 0 Å². The maximum atomic E-state index is 9.17. The average molecular weight is 195 g/mol. The monoisotopic (exact) mass is 195 g/mol. The molecule has 14 heavy (non-hydrogen) atoms. The normalized spacial score (nSPS) is 12.5. The highest BCUT2D eigenvalue weighted by molar-refractivity contribution is 5.27. The van der Waals surface area contributed by atoms with Gasteiger partial charge in [0.1, 0.15) is 18.5 Å². The Bertz CT molecular complexity index is 258. The molecule has 0 aliphatic heterocycles. The van der Waals surface area contributed by atoms with Crippen LogP contribution < -0.4 is 10.5 Å². The fourth-order valence-corrected chi connectivity index (χ4v) is 1.08. The highest BCUT2D eigenvalue weighted by Crippen LogP contribution is 2.12. The molecule has 1 aromatic carbocycles. The van der Waals surface area contributed by atoms with Gasteiger partial charge in [-0.3, -0.25) is 0 Å². The summed E-state index contributed by atoms with van der Waals surface area (Å²) in [5.74, 6) is 0.773. The SMILES string of the molecule is CCc1ccc(OCC(O)CN)cc1. The molecule has 1 rings (SSSR count). The maximum Gasteiger partial charge on any atom is 0.119 e. The zero-order valence-electron chi connectivity index (χ0n) is 8.44. The molecule has 0 bridgehead atoms. The lowest BCUT2D eigenvalue weighted by Gasteiger charge is -2.10. The van der Waals surface area contributed by atoms with Crippen molar-refractivity contribution in [1.29, 1.82) is 0 Å². The van der Waals surface area contributed by atoms with Crippen molar-refractivity contribution in [2.45, 2.75) is 19.4 Å². The smallest absolute Gasteiger partial charge is 0.119 e. The van der Waals surface area contributed by atoms with Crippen molar-refractivity contribution in [2.75, 3.05) is 13.2 Å². The van der Waals surface area contributed by atoms with Crippen LogP contribution in [-0.4, -0.2) is 24.4 Å². The quantitative estimate of drug-likeness (QED) is 0.735. The van der Waals surface area contributed by atoms with Crippen LogP contribution in [0.25, 0.3) is 0 Å². The summed E-state index contributed by atoms with van der Waals surface area (Å²) >= 11 is 0. The van der Waals surface area contributed by atoms with Gasteiger partial charge in [0.2, 0.25) is 0 Å². The van der Waals surface area contributed by atoms with Gasteiger partial charge in [0.15, 0.2) is 0 Å². The number of rotatable bonds is 5. The molecule has 0 amide bonds. The topological polar surface area (TPSA) is 55.5 Å². The summed E-state index contributed by atoms with van der Waals surface area (Å²) in [6.07, 6.45) is 0.437. The molecule has 1 atom stereocenters.